The Balaban J connectivity index is 2.20. The average Bonchev–Trinajstić information content (AvgIpc) is 2.98. The molecule has 0 bridgehead atoms. The molecular weight excluding hydrogens is 340 g/mol. The summed E-state index contributed by atoms with van der Waals surface area (Å²) in [7, 11) is 4.33. The standard InChI is InChI=1S/C19H18O7/c1-5-6-13-18(24-4)16(20)12(9-25-13)17-15-11(19(21)26-17)7-10(22-2)8-14(15)23-3/h5-9,17H,1-4H3/b6-5+/t17-/m0/s1. The molecule has 1 aliphatic rings. The molecule has 1 aliphatic heterocycles. The fraction of sp³-hybridized carbons (Fsp3) is 0.263. The van der Waals surface area contributed by atoms with E-state index >= 15 is 0 Å². The lowest BCUT2D eigenvalue weighted by Gasteiger charge is -2.15. The molecule has 0 saturated carbocycles. The molecule has 0 N–H and O–H groups in total. The van der Waals surface area contributed by atoms with Crippen LogP contribution in [0.5, 0.6) is 17.2 Å². The number of carbonyl (C=O) groups is 1. The molecule has 7 nitrogen and oxygen atoms in total. The Bertz CT molecular complexity index is 940. The molecule has 26 heavy (non-hydrogen) atoms. The van der Waals surface area contributed by atoms with Crippen LogP contribution in [0.15, 0.2) is 33.7 Å². The number of ether oxygens (including phenoxy) is 4. The summed E-state index contributed by atoms with van der Waals surface area (Å²) in [5.74, 6) is 0.586. The van der Waals surface area contributed by atoms with Crippen LogP contribution in [0.2, 0.25) is 0 Å². The third-order valence-electron chi connectivity index (χ3n) is 4.09. The van der Waals surface area contributed by atoms with Gasteiger partial charge in [0.1, 0.15) is 17.8 Å². The molecule has 0 fully saturated rings. The highest BCUT2D eigenvalue weighted by Gasteiger charge is 2.38. The highest BCUT2D eigenvalue weighted by atomic mass is 16.6. The molecule has 3 rings (SSSR count). The predicted octanol–water partition coefficient (Wildman–Crippen LogP) is 2.96. The van der Waals surface area contributed by atoms with Crippen LogP contribution < -0.4 is 19.6 Å². The third-order valence-corrected chi connectivity index (χ3v) is 4.09. The number of cyclic esters (lactones) is 1. The largest absolute Gasteiger partial charge is 0.497 e. The van der Waals surface area contributed by atoms with Crippen molar-refractivity contribution in [2.75, 3.05) is 21.3 Å². The molecule has 2 heterocycles. The number of fused-ring (bicyclic) bond motifs is 1. The van der Waals surface area contributed by atoms with Gasteiger partial charge in [0.05, 0.1) is 38.0 Å². The molecule has 0 spiro atoms. The molecule has 1 atom stereocenters. The van der Waals surface area contributed by atoms with Gasteiger partial charge in [-0.25, -0.2) is 4.79 Å². The Hall–Kier alpha value is -3.22. The SMILES string of the molecule is C/C=C/c1occ([C@@H]2OC(=O)c3cc(OC)cc(OC)c32)c(=O)c1OC. The molecule has 0 radical (unpaired) electrons. The fourth-order valence-electron chi connectivity index (χ4n) is 2.89. The second-order valence-electron chi connectivity index (χ2n) is 5.49. The Kier molecular flexibility index (Phi) is 4.71. The molecule has 136 valence electrons. The van der Waals surface area contributed by atoms with Gasteiger partial charge in [0, 0.05) is 6.07 Å². The summed E-state index contributed by atoms with van der Waals surface area (Å²) in [6, 6.07) is 3.17. The van der Waals surface area contributed by atoms with Crippen LogP contribution in [0.4, 0.5) is 0 Å². The van der Waals surface area contributed by atoms with Crippen LogP contribution in [0, 0.1) is 0 Å². The number of benzene rings is 1. The van der Waals surface area contributed by atoms with E-state index in [2.05, 4.69) is 0 Å². The number of methoxy groups -OCH3 is 3. The van der Waals surface area contributed by atoms with Crippen LogP contribution in [0.1, 0.15) is 40.3 Å². The van der Waals surface area contributed by atoms with E-state index in [0.717, 1.165) is 0 Å². The number of allylic oxidation sites excluding steroid dienone is 1. The van der Waals surface area contributed by atoms with Crippen molar-refractivity contribution in [1.82, 2.24) is 0 Å². The summed E-state index contributed by atoms with van der Waals surface area (Å²) in [6.07, 6.45) is 3.66. The van der Waals surface area contributed by atoms with E-state index in [1.165, 1.54) is 27.6 Å². The fourth-order valence-corrected chi connectivity index (χ4v) is 2.89. The van der Waals surface area contributed by atoms with E-state index in [9.17, 15) is 9.59 Å². The molecule has 0 saturated heterocycles. The van der Waals surface area contributed by atoms with Gasteiger partial charge in [-0.15, -0.1) is 0 Å². The second kappa shape index (κ2) is 6.95. The first-order valence-corrected chi connectivity index (χ1v) is 7.85. The van der Waals surface area contributed by atoms with Crippen molar-refractivity contribution < 1.29 is 28.2 Å². The van der Waals surface area contributed by atoms with E-state index in [0.29, 0.717) is 17.1 Å². The van der Waals surface area contributed by atoms with Crippen LogP contribution in [0.3, 0.4) is 0 Å². The zero-order chi connectivity index (χ0) is 18.8. The predicted molar refractivity (Wildman–Crippen MR) is 93.0 cm³/mol. The first kappa shape index (κ1) is 17.6. The van der Waals surface area contributed by atoms with E-state index in [1.54, 1.807) is 31.2 Å². The zero-order valence-electron chi connectivity index (χ0n) is 14.8. The maximum Gasteiger partial charge on any atom is 0.339 e. The van der Waals surface area contributed by atoms with Gasteiger partial charge in [-0.3, -0.25) is 4.79 Å². The number of rotatable bonds is 5. The lowest BCUT2D eigenvalue weighted by molar-refractivity contribution is 0.0449. The monoisotopic (exact) mass is 358 g/mol. The molecule has 7 heteroatoms. The Morgan fingerprint density at radius 3 is 2.46 bits per heavy atom. The van der Waals surface area contributed by atoms with Crippen LogP contribution >= 0.6 is 0 Å². The van der Waals surface area contributed by atoms with Gasteiger partial charge in [-0.1, -0.05) is 6.08 Å². The lowest BCUT2D eigenvalue weighted by atomic mass is 9.98. The summed E-state index contributed by atoms with van der Waals surface area (Å²) >= 11 is 0. The van der Waals surface area contributed by atoms with Gasteiger partial charge in [0.25, 0.3) is 0 Å². The summed E-state index contributed by atoms with van der Waals surface area (Å²) in [5.41, 5.74) is 0.453. The Morgan fingerprint density at radius 1 is 1.08 bits per heavy atom. The van der Waals surface area contributed by atoms with Crippen molar-refractivity contribution >= 4 is 12.0 Å². The highest BCUT2D eigenvalue weighted by molar-refractivity contribution is 5.96. The zero-order valence-corrected chi connectivity index (χ0v) is 14.8. The first-order chi connectivity index (χ1) is 12.5. The number of hydrogen-bond donors (Lipinski definition) is 0. The quantitative estimate of drug-likeness (QED) is 0.760. The average molecular weight is 358 g/mol. The normalized spacial score (nSPS) is 15.7. The Morgan fingerprint density at radius 2 is 1.85 bits per heavy atom. The number of hydrogen-bond acceptors (Lipinski definition) is 7. The van der Waals surface area contributed by atoms with Gasteiger partial charge in [0.15, 0.2) is 11.9 Å². The van der Waals surface area contributed by atoms with E-state index in [1.807, 2.05) is 0 Å². The highest BCUT2D eigenvalue weighted by Crippen LogP contribution is 2.43. The molecule has 0 amide bonds. The summed E-state index contributed by atoms with van der Waals surface area (Å²) < 4.78 is 26.7. The topological polar surface area (TPSA) is 84.2 Å². The Labute approximate surface area is 149 Å². The first-order valence-electron chi connectivity index (χ1n) is 7.85. The van der Waals surface area contributed by atoms with E-state index in [-0.39, 0.29) is 22.6 Å². The summed E-state index contributed by atoms with van der Waals surface area (Å²) in [5, 5.41) is 0. The van der Waals surface area contributed by atoms with Crippen molar-refractivity contribution in [2.45, 2.75) is 13.0 Å². The minimum atomic E-state index is -0.955. The summed E-state index contributed by atoms with van der Waals surface area (Å²) in [6.45, 7) is 1.79. The number of esters is 1. The molecule has 0 unspecified atom stereocenters. The minimum Gasteiger partial charge on any atom is -0.497 e. The van der Waals surface area contributed by atoms with Gasteiger partial charge < -0.3 is 23.4 Å². The molecular formula is C19H18O7. The molecule has 1 aromatic heterocycles. The maximum absolute atomic E-state index is 12.8. The van der Waals surface area contributed by atoms with Gasteiger partial charge in [-0.2, -0.15) is 0 Å². The van der Waals surface area contributed by atoms with Gasteiger partial charge in [0.2, 0.25) is 11.2 Å². The molecule has 1 aromatic carbocycles. The van der Waals surface area contributed by atoms with Crippen molar-refractivity contribution in [3.8, 4) is 17.2 Å². The van der Waals surface area contributed by atoms with Crippen LogP contribution in [0.25, 0.3) is 6.08 Å². The maximum atomic E-state index is 12.8. The minimum absolute atomic E-state index is 0.0394. The smallest absolute Gasteiger partial charge is 0.339 e. The van der Waals surface area contributed by atoms with Gasteiger partial charge in [-0.05, 0) is 19.1 Å². The summed E-state index contributed by atoms with van der Waals surface area (Å²) in [4.78, 5) is 25.2. The second-order valence-corrected chi connectivity index (χ2v) is 5.49. The van der Waals surface area contributed by atoms with Crippen molar-refractivity contribution in [3.63, 3.8) is 0 Å². The van der Waals surface area contributed by atoms with Crippen molar-refractivity contribution in [3.05, 3.63) is 57.1 Å². The van der Waals surface area contributed by atoms with E-state index in [4.69, 9.17) is 23.4 Å². The van der Waals surface area contributed by atoms with Crippen molar-refractivity contribution in [1.29, 1.82) is 0 Å². The lowest BCUT2D eigenvalue weighted by Crippen LogP contribution is -2.17. The third kappa shape index (κ3) is 2.71. The number of carbonyl (C=O) groups excluding carboxylic acids is 1. The molecule has 2 aromatic rings. The van der Waals surface area contributed by atoms with Crippen LogP contribution in [-0.2, 0) is 4.74 Å². The van der Waals surface area contributed by atoms with Gasteiger partial charge >= 0.3 is 5.97 Å². The van der Waals surface area contributed by atoms with Crippen LogP contribution in [-0.4, -0.2) is 27.3 Å². The molecule has 0 aliphatic carbocycles. The van der Waals surface area contributed by atoms with Crippen molar-refractivity contribution in [2.24, 2.45) is 0 Å². The van der Waals surface area contributed by atoms with E-state index < -0.39 is 17.5 Å².